The van der Waals surface area contributed by atoms with E-state index in [1.807, 2.05) is 24.3 Å². The Morgan fingerprint density at radius 3 is 2.86 bits per heavy atom. The molecule has 0 amide bonds. The molecule has 0 spiro atoms. The molecule has 1 aliphatic rings. The molecular weight excluding hydrogens is 246 g/mol. The summed E-state index contributed by atoms with van der Waals surface area (Å²) in [5.41, 5.74) is 0. The van der Waals surface area contributed by atoms with E-state index in [-0.39, 0.29) is 6.04 Å². The van der Waals surface area contributed by atoms with Crippen LogP contribution in [0.1, 0.15) is 0 Å². The fourth-order valence-electron chi connectivity index (χ4n) is 1.14. The highest BCUT2D eigenvalue weighted by molar-refractivity contribution is 9.10. The van der Waals surface area contributed by atoms with E-state index in [1.165, 1.54) is 6.40 Å². The lowest BCUT2D eigenvalue weighted by Gasteiger charge is -2.08. The van der Waals surface area contributed by atoms with Gasteiger partial charge in [-0.05, 0) is 24.3 Å². The first-order valence-electron chi connectivity index (χ1n) is 4.36. The molecule has 0 radical (unpaired) electrons. The van der Waals surface area contributed by atoms with Crippen molar-refractivity contribution in [2.75, 3.05) is 13.2 Å². The Labute approximate surface area is 90.9 Å². The minimum Gasteiger partial charge on any atom is -0.491 e. The van der Waals surface area contributed by atoms with Gasteiger partial charge in [0.1, 0.15) is 25.0 Å². The van der Waals surface area contributed by atoms with Crippen LogP contribution in [0.15, 0.2) is 33.7 Å². The number of ether oxygens (including phenoxy) is 2. The highest BCUT2D eigenvalue weighted by Crippen LogP contribution is 2.16. The first kappa shape index (κ1) is 9.52. The Kier molecular flexibility index (Phi) is 3.03. The van der Waals surface area contributed by atoms with Crippen molar-refractivity contribution in [1.29, 1.82) is 0 Å². The van der Waals surface area contributed by atoms with Crippen LogP contribution in [-0.4, -0.2) is 25.7 Å². The molecule has 4 heteroatoms. The molecular formula is C10H10BrNO2. The molecule has 0 bridgehead atoms. The predicted molar refractivity (Wildman–Crippen MR) is 57.9 cm³/mol. The van der Waals surface area contributed by atoms with Crippen molar-refractivity contribution in [3.63, 3.8) is 0 Å². The van der Waals surface area contributed by atoms with E-state index in [0.717, 1.165) is 10.2 Å². The highest BCUT2D eigenvalue weighted by Gasteiger charge is 2.11. The van der Waals surface area contributed by atoms with Crippen LogP contribution in [0, 0.1) is 0 Å². The second-order valence-corrected chi connectivity index (χ2v) is 3.92. The van der Waals surface area contributed by atoms with Gasteiger partial charge in [0, 0.05) is 4.47 Å². The Hall–Kier alpha value is -1.03. The fourth-order valence-corrected chi connectivity index (χ4v) is 1.40. The molecule has 1 atom stereocenters. The summed E-state index contributed by atoms with van der Waals surface area (Å²) >= 11 is 3.36. The molecule has 1 heterocycles. The molecule has 0 saturated carbocycles. The van der Waals surface area contributed by atoms with Gasteiger partial charge in [0.15, 0.2) is 6.40 Å². The van der Waals surface area contributed by atoms with Crippen molar-refractivity contribution in [2.45, 2.75) is 6.04 Å². The van der Waals surface area contributed by atoms with Crippen LogP contribution in [0.25, 0.3) is 0 Å². The van der Waals surface area contributed by atoms with Gasteiger partial charge in [0.2, 0.25) is 0 Å². The van der Waals surface area contributed by atoms with Crippen molar-refractivity contribution in [3.05, 3.63) is 28.7 Å². The number of aliphatic imine (C=N–C) groups is 1. The van der Waals surface area contributed by atoms with E-state index in [4.69, 9.17) is 9.47 Å². The van der Waals surface area contributed by atoms with Crippen molar-refractivity contribution in [3.8, 4) is 5.75 Å². The molecule has 0 fully saturated rings. The predicted octanol–water partition coefficient (Wildman–Crippen LogP) is 2.25. The number of hydrogen-bond donors (Lipinski definition) is 0. The lowest BCUT2D eigenvalue weighted by molar-refractivity contribution is 0.246. The first-order valence-corrected chi connectivity index (χ1v) is 5.15. The van der Waals surface area contributed by atoms with Gasteiger partial charge in [-0.25, -0.2) is 4.99 Å². The van der Waals surface area contributed by atoms with Gasteiger partial charge in [-0.3, -0.25) is 0 Å². The Balaban J connectivity index is 1.85. The third-order valence-electron chi connectivity index (χ3n) is 1.89. The molecule has 3 nitrogen and oxygen atoms in total. The third kappa shape index (κ3) is 2.48. The topological polar surface area (TPSA) is 30.8 Å². The number of benzene rings is 1. The summed E-state index contributed by atoms with van der Waals surface area (Å²) in [5, 5.41) is 0. The van der Waals surface area contributed by atoms with Crippen molar-refractivity contribution in [1.82, 2.24) is 0 Å². The van der Waals surface area contributed by atoms with E-state index in [0.29, 0.717) is 13.2 Å². The van der Waals surface area contributed by atoms with Crippen molar-refractivity contribution < 1.29 is 9.47 Å². The van der Waals surface area contributed by atoms with Crippen LogP contribution in [-0.2, 0) is 4.74 Å². The summed E-state index contributed by atoms with van der Waals surface area (Å²) in [7, 11) is 0. The smallest absolute Gasteiger partial charge is 0.170 e. The average molecular weight is 256 g/mol. The van der Waals surface area contributed by atoms with Crippen molar-refractivity contribution in [2.24, 2.45) is 4.99 Å². The van der Waals surface area contributed by atoms with E-state index in [9.17, 15) is 0 Å². The average Bonchev–Trinajstić information content (AvgIpc) is 2.70. The quantitative estimate of drug-likeness (QED) is 0.830. The van der Waals surface area contributed by atoms with Crippen LogP contribution < -0.4 is 4.74 Å². The number of hydrogen-bond acceptors (Lipinski definition) is 3. The van der Waals surface area contributed by atoms with E-state index >= 15 is 0 Å². The maximum Gasteiger partial charge on any atom is 0.170 e. The summed E-state index contributed by atoms with van der Waals surface area (Å²) in [6.45, 7) is 1.19. The highest BCUT2D eigenvalue weighted by atomic mass is 79.9. The molecule has 1 aromatic carbocycles. The summed E-state index contributed by atoms with van der Waals surface area (Å²) in [6, 6.07) is 7.87. The molecule has 1 unspecified atom stereocenters. The van der Waals surface area contributed by atoms with E-state index in [1.54, 1.807) is 0 Å². The molecule has 74 valence electrons. The molecule has 14 heavy (non-hydrogen) atoms. The maximum atomic E-state index is 5.53. The summed E-state index contributed by atoms with van der Waals surface area (Å²) < 4.78 is 11.6. The SMILES string of the molecule is Brc1ccc(OCC2COC=N2)cc1. The van der Waals surface area contributed by atoms with Gasteiger partial charge in [0.05, 0.1) is 0 Å². The zero-order valence-electron chi connectivity index (χ0n) is 7.52. The first-order chi connectivity index (χ1) is 6.84. The van der Waals surface area contributed by atoms with Gasteiger partial charge >= 0.3 is 0 Å². The fraction of sp³-hybridized carbons (Fsp3) is 0.300. The number of nitrogens with zero attached hydrogens (tertiary/aromatic N) is 1. The molecule has 0 aromatic heterocycles. The van der Waals surface area contributed by atoms with Crippen LogP contribution in [0.2, 0.25) is 0 Å². The normalized spacial score (nSPS) is 19.4. The monoisotopic (exact) mass is 255 g/mol. The molecule has 1 aliphatic heterocycles. The van der Waals surface area contributed by atoms with Crippen LogP contribution in [0.3, 0.4) is 0 Å². The molecule has 0 saturated heterocycles. The molecule has 0 N–H and O–H groups in total. The second-order valence-electron chi connectivity index (χ2n) is 3.01. The molecule has 0 aliphatic carbocycles. The third-order valence-corrected chi connectivity index (χ3v) is 2.42. The van der Waals surface area contributed by atoms with E-state index < -0.39 is 0 Å². The Morgan fingerprint density at radius 1 is 1.43 bits per heavy atom. The standard InChI is InChI=1S/C10H10BrNO2/c11-8-1-3-10(4-2-8)14-6-9-5-13-7-12-9/h1-4,7,9H,5-6H2. The van der Waals surface area contributed by atoms with Crippen LogP contribution in [0.5, 0.6) is 5.75 Å². The zero-order chi connectivity index (χ0) is 9.80. The van der Waals surface area contributed by atoms with Gasteiger partial charge in [-0.15, -0.1) is 0 Å². The van der Waals surface area contributed by atoms with Crippen molar-refractivity contribution >= 4 is 22.3 Å². The number of rotatable bonds is 3. The van der Waals surface area contributed by atoms with Gasteiger partial charge in [-0.1, -0.05) is 15.9 Å². The van der Waals surface area contributed by atoms with Gasteiger partial charge < -0.3 is 9.47 Å². The van der Waals surface area contributed by atoms with Gasteiger partial charge in [-0.2, -0.15) is 0 Å². The minimum absolute atomic E-state index is 0.138. The summed E-state index contributed by atoms with van der Waals surface area (Å²) in [4.78, 5) is 4.09. The van der Waals surface area contributed by atoms with Crippen LogP contribution >= 0.6 is 15.9 Å². The number of halogens is 1. The summed E-state index contributed by atoms with van der Waals surface area (Å²) in [5.74, 6) is 0.857. The second kappa shape index (κ2) is 4.46. The minimum atomic E-state index is 0.138. The zero-order valence-corrected chi connectivity index (χ0v) is 9.11. The van der Waals surface area contributed by atoms with Crippen LogP contribution in [0.4, 0.5) is 0 Å². The maximum absolute atomic E-state index is 5.53. The Bertz CT molecular complexity index is 323. The Morgan fingerprint density at radius 2 is 2.21 bits per heavy atom. The van der Waals surface area contributed by atoms with Gasteiger partial charge in [0.25, 0.3) is 0 Å². The van der Waals surface area contributed by atoms with E-state index in [2.05, 4.69) is 20.9 Å². The largest absolute Gasteiger partial charge is 0.491 e. The molecule has 2 rings (SSSR count). The lowest BCUT2D eigenvalue weighted by Crippen LogP contribution is -2.16. The molecule has 1 aromatic rings. The lowest BCUT2D eigenvalue weighted by atomic mass is 10.3. The summed E-state index contributed by atoms with van der Waals surface area (Å²) in [6.07, 6.45) is 1.48.